The van der Waals surface area contributed by atoms with E-state index in [1.807, 2.05) is 62.4 Å². The van der Waals surface area contributed by atoms with E-state index in [9.17, 15) is 9.59 Å². The van der Waals surface area contributed by atoms with E-state index in [2.05, 4.69) is 10.6 Å². The molecule has 2 amide bonds. The van der Waals surface area contributed by atoms with Crippen LogP contribution in [-0.2, 0) is 16.1 Å². The molecule has 0 aliphatic carbocycles. The summed E-state index contributed by atoms with van der Waals surface area (Å²) in [5.74, 6) is -0.296. The van der Waals surface area contributed by atoms with Gasteiger partial charge in [-0.05, 0) is 49.6 Å². The van der Waals surface area contributed by atoms with Crippen molar-refractivity contribution in [2.45, 2.75) is 33.4 Å². The number of nitrogens with one attached hydrogen (secondary N) is 2. The number of ether oxygens (including phenoxy) is 1. The van der Waals surface area contributed by atoms with Gasteiger partial charge in [0.05, 0.1) is 0 Å². The second-order valence-electron chi connectivity index (χ2n) is 5.72. The third kappa shape index (κ3) is 5.12. The van der Waals surface area contributed by atoms with Crippen molar-refractivity contribution in [2.24, 2.45) is 0 Å². The van der Waals surface area contributed by atoms with Crippen molar-refractivity contribution < 1.29 is 14.3 Å². The molecule has 126 valence electrons. The van der Waals surface area contributed by atoms with Gasteiger partial charge in [-0.15, -0.1) is 0 Å². The number of hydrogen-bond acceptors (Lipinski definition) is 3. The lowest BCUT2D eigenvalue weighted by Crippen LogP contribution is -2.41. The Balaban J connectivity index is 1.82. The summed E-state index contributed by atoms with van der Waals surface area (Å²) in [7, 11) is 0. The molecular formula is C19H22N2O3. The lowest BCUT2D eigenvalue weighted by Gasteiger charge is -2.15. The number of amides is 2. The number of rotatable bonds is 5. The zero-order valence-electron chi connectivity index (χ0n) is 14.1. The van der Waals surface area contributed by atoms with Gasteiger partial charge in [-0.25, -0.2) is 4.79 Å². The third-order valence-electron chi connectivity index (χ3n) is 3.71. The highest BCUT2D eigenvalue weighted by Crippen LogP contribution is 2.14. The molecule has 0 aromatic heterocycles. The first-order chi connectivity index (χ1) is 11.5. The minimum absolute atomic E-state index is 0.165. The molecule has 0 saturated heterocycles. The van der Waals surface area contributed by atoms with Crippen molar-refractivity contribution in [1.82, 2.24) is 5.32 Å². The van der Waals surface area contributed by atoms with Crippen molar-refractivity contribution >= 4 is 17.7 Å². The van der Waals surface area contributed by atoms with Crippen LogP contribution < -0.4 is 10.6 Å². The van der Waals surface area contributed by atoms with E-state index in [-0.39, 0.29) is 12.5 Å². The van der Waals surface area contributed by atoms with Crippen LogP contribution in [0.3, 0.4) is 0 Å². The van der Waals surface area contributed by atoms with Crippen LogP contribution in [0.25, 0.3) is 0 Å². The van der Waals surface area contributed by atoms with Crippen molar-refractivity contribution in [3.63, 3.8) is 0 Å². The summed E-state index contributed by atoms with van der Waals surface area (Å²) in [5, 5.41) is 5.30. The number of anilines is 1. The first-order valence-electron chi connectivity index (χ1n) is 7.81. The Bertz CT molecular complexity index is 714. The summed E-state index contributed by atoms with van der Waals surface area (Å²) in [4.78, 5) is 23.9. The van der Waals surface area contributed by atoms with Gasteiger partial charge in [0.15, 0.2) is 0 Å². The van der Waals surface area contributed by atoms with Crippen LogP contribution in [0.2, 0.25) is 0 Å². The summed E-state index contributed by atoms with van der Waals surface area (Å²) < 4.78 is 5.10. The average molecular weight is 326 g/mol. The molecule has 0 bridgehead atoms. The molecule has 0 aliphatic rings. The molecule has 1 atom stereocenters. The molecule has 0 heterocycles. The van der Waals surface area contributed by atoms with Gasteiger partial charge < -0.3 is 15.4 Å². The third-order valence-corrected chi connectivity index (χ3v) is 3.71. The fourth-order valence-corrected chi connectivity index (χ4v) is 2.08. The molecule has 2 rings (SSSR count). The number of carbonyl (C=O) groups excluding carboxylic acids is 2. The van der Waals surface area contributed by atoms with Crippen molar-refractivity contribution in [1.29, 1.82) is 0 Å². The van der Waals surface area contributed by atoms with Crippen LogP contribution >= 0.6 is 0 Å². The maximum Gasteiger partial charge on any atom is 0.408 e. The van der Waals surface area contributed by atoms with E-state index in [4.69, 9.17) is 4.74 Å². The van der Waals surface area contributed by atoms with Crippen LogP contribution in [0.15, 0.2) is 48.5 Å². The minimum atomic E-state index is -0.699. The highest BCUT2D eigenvalue weighted by Gasteiger charge is 2.16. The van der Waals surface area contributed by atoms with Gasteiger partial charge in [-0.2, -0.15) is 0 Å². The van der Waals surface area contributed by atoms with Crippen LogP contribution in [-0.4, -0.2) is 18.0 Å². The molecule has 0 aliphatic heterocycles. The van der Waals surface area contributed by atoms with E-state index < -0.39 is 12.1 Å². The van der Waals surface area contributed by atoms with Gasteiger partial charge in [0, 0.05) is 5.69 Å². The van der Waals surface area contributed by atoms with E-state index in [1.54, 1.807) is 6.92 Å². The molecule has 2 aromatic rings. The van der Waals surface area contributed by atoms with Gasteiger partial charge >= 0.3 is 6.09 Å². The normalized spacial score (nSPS) is 11.5. The Hall–Kier alpha value is -2.82. The van der Waals surface area contributed by atoms with Crippen LogP contribution in [0.1, 0.15) is 23.6 Å². The summed E-state index contributed by atoms with van der Waals surface area (Å²) >= 11 is 0. The van der Waals surface area contributed by atoms with Crippen LogP contribution in [0.5, 0.6) is 0 Å². The molecule has 2 aromatic carbocycles. The predicted octanol–water partition coefficient (Wildman–Crippen LogP) is 3.56. The molecule has 5 heteroatoms. The summed E-state index contributed by atoms with van der Waals surface area (Å²) in [5.41, 5.74) is 3.84. The molecule has 0 saturated carbocycles. The molecule has 0 spiro atoms. The zero-order chi connectivity index (χ0) is 17.5. The Morgan fingerprint density at radius 3 is 2.42 bits per heavy atom. The molecular weight excluding hydrogens is 304 g/mol. The number of aryl methyl sites for hydroxylation is 2. The highest BCUT2D eigenvalue weighted by atomic mass is 16.5. The Kier molecular flexibility index (Phi) is 5.95. The van der Waals surface area contributed by atoms with Crippen molar-refractivity contribution in [2.75, 3.05) is 5.32 Å². The van der Waals surface area contributed by atoms with Gasteiger partial charge in [0.1, 0.15) is 12.6 Å². The van der Waals surface area contributed by atoms with E-state index in [1.165, 1.54) is 0 Å². The highest BCUT2D eigenvalue weighted by molar-refractivity contribution is 5.96. The summed E-state index contributed by atoms with van der Waals surface area (Å²) in [6, 6.07) is 14.3. The molecule has 5 nitrogen and oxygen atoms in total. The standard InChI is InChI=1S/C19H22N2O3/c1-13-9-10-17(11-14(13)2)21-18(22)15(3)20-19(23)24-12-16-7-5-4-6-8-16/h4-11,15H,12H2,1-3H3,(H,20,23)(H,21,22)/t15-/m1/s1. The lowest BCUT2D eigenvalue weighted by atomic mass is 10.1. The topological polar surface area (TPSA) is 67.4 Å². The average Bonchev–Trinajstić information content (AvgIpc) is 2.57. The first-order valence-corrected chi connectivity index (χ1v) is 7.81. The monoisotopic (exact) mass is 326 g/mol. The summed E-state index contributed by atoms with van der Waals surface area (Å²) in [6.45, 7) is 5.76. The molecule has 0 radical (unpaired) electrons. The fraction of sp³-hybridized carbons (Fsp3) is 0.263. The van der Waals surface area contributed by atoms with Gasteiger partial charge in [-0.1, -0.05) is 36.4 Å². The fourth-order valence-electron chi connectivity index (χ4n) is 2.08. The van der Waals surface area contributed by atoms with E-state index in [0.717, 1.165) is 16.7 Å². The van der Waals surface area contributed by atoms with Crippen LogP contribution in [0, 0.1) is 13.8 Å². The maximum absolute atomic E-state index is 12.1. The SMILES string of the molecule is Cc1ccc(NC(=O)[C@@H](C)NC(=O)OCc2ccccc2)cc1C. The molecule has 2 N–H and O–H groups in total. The predicted molar refractivity (Wildman–Crippen MR) is 93.8 cm³/mol. The van der Waals surface area contributed by atoms with Gasteiger partial charge in [-0.3, -0.25) is 4.79 Å². The number of carbonyl (C=O) groups is 2. The lowest BCUT2D eigenvalue weighted by molar-refractivity contribution is -0.117. The zero-order valence-corrected chi connectivity index (χ0v) is 14.1. The van der Waals surface area contributed by atoms with Crippen molar-refractivity contribution in [3.05, 3.63) is 65.2 Å². The minimum Gasteiger partial charge on any atom is -0.445 e. The Labute approximate surface area is 142 Å². The number of benzene rings is 2. The van der Waals surface area contributed by atoms with E-state index >= 15 is 0 Å². The first kappa shape index (κ1) is 17.5. The van der Waals surface area contributed by atoms with Gasteiger partial charge in [0.2, 0.25) is 5.91 Å². The molecule has 0 fully saturated rings. The molecule has 24 heavy (non-hydrogen) atoms. The second kappa shape index (κ2) is 8.15. The van der Waals surface area contributed by atoms with Crippen molar-refractivity contribution in [3.8, 4) is 0 Å². The quantitative estimate of drug-likeness (QED) is 0.883. The molecule has 0 unspecified atom stereocenters. The van der Waals surface area contributed by atoms with Crippen LogP contribution in [0.4, 0.5) is 10.5 Å². The second-order valence-corrected chi connectivity index (χ2v) is 5.72. The number of hydrogen-bond donors (Lipinski definition) is 2. The van der Waals surface area contributed by atoms with Gasteiger partial charge in [0.25, 0.3) is 0 Å². The number of alkyl carbamates (subject to hydrolysis) is 1. The maximum atomic E-state index is 12.1. The largest absolute Gasteiger partial charge is 0.445 e. The van der Waals surface area contributed by atoms with E-state index in [0.29, 0.717) is 5.69 Å². The Morgan fingerprint density at radius 2 is 1.75 bits per heavy atom. The Morgan fingerprint density at radius 1 is 1.04 bits per heavy atom. The smallest absolute Gasteiger partial charge is 0.408 e. The summed E-state index contributed by atoms with van der Waals surface area (Å²) in [6.07, 6.45) is -0.624.